The third-order valence-electron chi connectivity index (χ3n) is 2.23. The van der Waals surface area contributed by atoms with Crippen molar-refractivity contribution in [2.24, 2.45) is 11.7 Å². The largest absolute Gasteiger partial charge is 0.490 e. The second-order valence-corrected chi connectivity index (χ2v) is 3.95. The molecule has 0 spiro atoms. The molecule has 0 aromatic rings. The molecule has 0 rings (SSSR count). The van der Waals surface area contributed by atoms with Crippen molar-refractivity contribution in [3.63, 3.8) is 0 Å². The average molecular weight is 272 g/mol. The maximum absolute atomic E-state index is 11.2. The Morgan fingerprint density at radius 2 is 1.67 bits per heavy atom. The van der Waals surface area contributed by atoms with Crippen LogP contribution in [0.2, 0.25) is 0 Å². The predicted octanol–water partition coefficient (Wildman–Crippen LogP) is 1.08. The van der Waals surface area contributed by atoms with Gasteiger partial charge in [-0.1, -0.05) is 20.3 Å². The molecule has 0 aromatic heterocycles. The van der Waals surface area contributed by atoms with Gasteiger partial charge >= 0.3 is 12.1 Å². The fraction of sp³-hybridized carbons (Fsp3) is 0.800. The van der Waals surface area contributed by atoms with Crippen LogP contribution in [0, 0.1) is 5.92 Å². The molecule has 0 heterocycles. The Bertz CT molecular complexity index is 280. The van der Waals surface area contributed by atoms with E-state index < -0.39 is 12.1 Å². The molecule has 3 N–H and O–H groups in total. The summed E-state index contributed by atoms with van der Waals surface area (Å²) < 4.78 is 31.7. The molecular formula is C10H19F3N2O3. The molecule has 18 heavy (non-hydrogen) atoms. The lowest BCUT2D eigenvalue weighted by Gasteiger charge is -2.21. The number of hydrogen-bond donors (Lipinski definition) is 2. The molecule has 2 atom stereocenters. The summed E-state index contributed by atoms with van der Waals surface area (Å²) >= 11 is 0. The van der Waals surface area contributed by atoms with Gasteiger partial charge in [0.2, 0.25) is 5.91 Å². The van der Waals surface area contributed by atoms with Crippen molar-refractivity contribution in [2.45, 2.75) is 32.5 Å². The summed E-state index contributed by atoms with van der Waals surface area (Å²) in [4.78, 5) is 21.7. The van der Waals surface area contributed by atoms with Crippen molar-refractivity contribution in [3.05, 3.63) is 0 Å². The normalized spacial score (nSPS) is 14.0. The Kier molecular flexibility index (Phi) is 8.37. The van der Waals surface area contributed by atoms with Gasteiger partial charge < -0.3 is 15.7 Å². The summed E-state index contributed by atoms with van der Waals surface area (Å²) in [6.07, 6.45) is -4.14. The lowest BCUT2D eigenvalue weighted by molar-refractivity contribution is -0.192. The molecule has 8 heteroatoms. The fourth-order valence-electron chi connectivity index (χ4n) is 0.795. The van der Waals surface area contributed by atoms with Gasteiger partial charge in [-0.05, 0) is 5.92 Å². The summed E-state index contributed by atoms with van der Waals surface area (Å²) in [6, 6.07) is -0.338. The molecule has 0 aromatic carbocycles. The molecule has 0 fully saturated rings. The Labute approximate surface area is 104 Å². The van der Waals surface area contributed by atoms with Gasteiger partial charge in [-0.25, -0.2) is 4.79 Å². The SMILES string of the molecule is CC[C@H](C)[C@H](N)C(=O)N(C)C.O=C(O)C(F)(F)F. The van der Waals surface area contributed by atoms with Crippen LogP contribution in [0.25, 0.3) is 0 Å². The second kappa shape index (κ2) is 7.91. The highest BCUT2D eigenvalue weighted by atomic mass is 19.4. The Hall–Kier alpha value is -1.31. The van der Waals surface area contributed by atoms with Crippen LogP contribution in [-0.4, -0.2) is 48.2 Å². The van der Waals surface area contributed by atoms with Crippen LogP contribution in [0.5, 0.6) is 0 Å². The summed E-state index contributed by atoms with van der Waals surface area (Å²) in [5.41, 5.74) is 5.68. The molecule has 0 bridgehead atoms. The molecule has 0 aliphatic rings. The van der Waals surface area contributed by atoms with Crippen molar-refractivity contribution < 1.29 is 27.9 Å². The number of likely N-dealkylation sites (N-methyl/N-ethyl adjacent to an activating group) is 1. The van der Waals surface area contributed by atoms with Crippen molar-refractivity contribution in [1.29, 1.82) is 0 Å². The van der Waals surface area contributed by atoms with Crippen LogP contribution in [0.3, 0.4) is 0 Å². The van der Waals surface area contributed by atoms with Crippen LogP contribution >= 0.6 is 0 Å². The molecule has 0 radical (unpaired) electrons. The maximum atomic E-state index is 11.2. The molecular weight excluding hydrogens is 253 g/mol. The summed E-state index contributed by atoms with van der Waals surface area (Å²) in [7, 11) is 3.45. The van der Waals surface area contributed by atoms with Gasteiger partial charge in [-0.15, -0.1) is 0 Å². The van der Waals surface area contributed by atoms with Gasteiger partial charge in [-0.2, -0.15) is 13.2 Å². The summed E-state index contributed by atoms with van der Waals surface area (Å²) in [5, 5.41) is 7.12. The average Bonchev–Trinajstić information content (AvgIpc) is 2.25. The van der Waals surface area contributed by atoms with E-state index in [1.807, 2.05) is 13.8 Å². The molecule has 108 valence electrons. The van der Waals surface area contributed by atoms with E-state index in [4.69, 9.17) is 15.6 Å². The number of carboxylic acids is 1. The molecule has 0 unspecified atom stereocenters. The van der Waals surface area contributed by atoms with Gasteiger partial charge in [0.25, 0.3) is 0 Å². The number of aliphatic carboxylic acids is 1. The smallest absolute Gasteiger partial charge is 0.475 e. The zero-order chi connectivity index (χ0) is 15.1. The molecule has 0 aliphatic carbocycles. The minimum absolute atomic E-state index is 0.0133. The van der Waals surface area contributed by atoms with Gasteiger partial charge in [0.15, 0.2) is 0 Å². The lowest BCUT2D eigenvalue weighted by atomic mass is 9.99. The number of amides is 1. The molecule has 0 saturated carbocycles. The maximum Gasteiger partial charge on any atom is 0.490 e. The number of carboxylic acid groups (broad SMARTS) is 1. The highest BCUT2D eigenvalue weighted by Gasteiger charge is 2.38. The number of rotatable bonds is 3. The first-order valence-electron chi connectivity index (χ1n) is 5.21. The van der Waals surface area contributed by atoms with E-state index in [2.05, 4.69) is 0 Å². The van der Waals surface area contributed by atoms with Crippen LogP contribution < -0.4 is 5.73 Å². The van der Waals surface area contributed by atoms with E-state index in [0.717, 1.165) is 6.42 Å². The standard InChI is InChI=1S/C8H18N2O.C2HF3O2/c1-5-6(2)7(9)8(11)10(3)4;3-2(4,5)1(6)7/h6-7H,5,9H2,1-4H3;(H,6,7)/t6-,7-;/m0./s1. The molecule has 0 saturated heterocycles. The first-order valence-corrected chi connectivity index (χ1v) is 5.21. The monoisotopic (exact) mass is 272 g/mol. The first-order chi connectivity index (χ1) is 7.95. The minimum Gasteiger partial charge on any atom is -0.475 e. The third-order valence-corrected chi connectivity index (χ3v) is 2.23. The number of nitrogens with zero attached hydrogens (tertiary/aromatic N) is 1. The van der Waals surface area contributed by atoms with Gasteiger partial charge in [0.05, 0.1) is 6.04 Å². The van der Waals surface area contributed by atoms with E-state index in [9.17, 15) is 18.0 Å². The highest BCUT2D eigenvalue weighted by Crippen LogP contribution is 2.13. The van der Waals surface area contributed by atoms with Crippen LogP contribution in [0.1, 0.15) is 20.3 Å². The number of nitrogens with two attached hydrogens (primary N) is 1. The van der Waals surface area contributed by atoms with Crippen molar-refractivity contribution in [3.8, 4) is 0 Å². The lowest BCUT2D eigenvalue weighted by Crippen LogP contribution is -2.43. The Balaban J connectivity index is 0. The number of carbonyl (C=O) groups excluding carboxylic acids is 1. The summed E-state index contributed by atoms with van der Waals surface area (Å²) in [6.45, 7) is 4.03. The fourth-order valence-corrected chi connectivity index (χ4v) is 0.795. The van der Waals surface area contributed by atoms with Crippen LogP contribution in [-0.2, 0) is 9.59 Å². The van der Waals surface area contributed by atoms with E-state index in [0.29, 0.717) is 0 Å². The number of alkyl halides is 3. The topological polar surface area (TPSA) is 83.6 Å². The van der Waals surface area contributed by atoms with Crippen LogP contribution in [0.15, 0.2) is 0 Å². The van der Waals surface area contributed by atoms with Crippen molar-refractivity contribution in [2.75, 3.05) is 14.1 Å². The Morgan fingerprint density at radius 3 is 1.83 bits per heavy atom. The molecule has 1 amide bonds. The zero-order valence-corrected chi connectivity index (χ0v) is 10.8. The first kappa shape index (κ1) is 19.0. The van der Waals surface area contributed by atoms with Crippen molar-refractivity contribution in [1.82, 2.24) is 4.90 Å². The molecule has 5 nitrogen and oxygen atoms in total. The molecule has 0 aliphatic heterocycles. The quantitative estimate of drug-likeness (QED) is 0.805. The van der Waals surface area contributed by atoms with E-state index in [-0.39, 0.29) is 17.9 Å². The Morgan fingerprint density at radius 1 is 1.33 bits per heavy atom. The van der Waals surface area contributed by atoms with E-state index in [1.54, 1.807) is 14.1 Å². The number of carbonyl (C=O) groups is 2. The highest BCUT2D eigenvalue weighted by molar-refractivity contribution is 5.81. The van der Waals surface area contributed by atoms with Gasteiger partial charge in [-0.3, -0.25) is 4.79 Å². The number of hydrogen-bond acceptors (Lipinski definition) is 3. The van der Waals surface area contributed by atoms with E-state index in [1.165, 1.54) is 4.90 Å². The van der Waals surface area contributed by atoms with Gasteiger partial charge in [0, 0.05) is 14.1 Å². The predicted molar refractivity (Wildman–Crippen MR) is 59.8 cm³/mol. The minimum atomic E-state index is -5.08. The summed E-state index contributed by atoms with van der Waals surface area (Å²) in [5.74, 6) is -2.48. The third kappa shape index (κ3) is 7.88. The number of halogens is 3. The van der Waals surface area contributed by atoms with E-state index >= 15 is 0 Å². The van der Waals surface area contributed by atoms with Crippen molar-refractivity contribution >= 4 is 11.9 Å². The van der Waals surface area contributed by atoms with Gasteiger partial charge in [0.1, 0.15) is 0 Å². The zero-order valence-electron chi connectivity index (χ0n) is 10.8. The second-order valence-electron chi connectivity index (χ2n) is 3.95. The van der Waals surface area contributed by atoms with Crippen LogP contribution in [0.4, 0.5) is 13.2 Å².